The highest BCUT2D eigenvalue weighted by molar-refractivity contribution is 5.93. The number of furan rings is 1. The number of carbonyl (C=O) groups is 1. The third kappa shape index (κ3) is 4.30. The highest BCUT2D eigenvalue weighted by Crippen LogP contribution is 2.28. The van der Waals surface area contributed by atoms with Gasteiger partial charge in [-0.3, -0.25) is 14.9 Å². The minimum absolute atomic E-state index is 0.0113. The molecule has 2 rings (SSSR count). The Morgan fingerprint density at radius 1 is 1.48 bits per heavy atom. The fourth-order valence-electron chi connectivity index (χ4n) is 2.06. The van der Waals surface area contributed by atoms with Gasteiger partial charge in [-0.05, 0) is 25.1 Å². The number of methoxy groups -OCH3 is 1. The van der Waals surface area contributed by atoms with Crippen molar-refractivity contribution in [3.8, 4) is 5.75 Å². The number of benzene rings is 1. The molecule has 0 saturated carbocycles. The number of quaternary nitrogens is 1. The monoisotopic (exact) mass is 320 g/mol. The molecule has 0 unspecified atom stereocenters. The second-order valence-electron chi connectivity index (χ2n) is 4.93. The quantitative estimate of drug-likeness (QED) is 0.592. The van der Waals surface area contributed by atoms with Gasteiger partial charge in [0, 0.05) is 12.1 Å². The minimum atomic E-state index is -0.528. The molecule has 1 aromatic carbocycles. The molecule has 0 aliphatic heterocycles. The number of nitrogens with zero attached hydrogens (tertiary/aromatic N) is 1. The number of nitro groups is 1. The lowest BCUT2D eigenvalue weighted by Crippen LogP contribution is -2.86. The molecule has 122 valence electrons. The summed E-state index contributed by atoms with van der Waals surface area (Å²) in [5.74, 6) is 0.843. The Hall–Kier alpha value is -2.87. The Labute approximate surface area is 132 Å². The fraction of sp³-hybridized carbons (Fsp3) is 0.267. The van der Waals surface area contributed by atoms with Gasteiger partial charge in [0.2, 0.25) is 0 Å². The number of hydrogen-bond acceptors (Lipinski definition) is 5. The smallest absolute Gasteiger partial charge is 0.279 e. The van der Waals surface area contributed by atoms with Crippen LogP contribution >= 0.6 is 0 Å². The van der Waals surface area contributed by atoms with E-state index in [1.165, 1.54) is 25.3 Å². The van der Waals surface area contributed by atoms with E-state index in [2.05, 4.69) is 5.32 Å². The molecule has 1 amide bonds. The molecule has 1 aromatic heterocycles. The molecule has 0 aliphatic carbocycles. The zero-order valence-electron chi connectivity index (χ0n) is 12.8. The van der Waals surface area contributed by atoms with Crippen LogP contribution in [0.5, 0.6) is 5.75 Å². The van der Waals surface area contributed by atoms with Gasteiger partial charge in [0.25, 0.3) is 11.6 Å². The number of hydrogen-bond donors (Lipinski definition) is 2. The maximum atomic E-state index is 12.0. The zero-order chi connectivity index (χ0) is 16.8. The van der Waals surface area contributed by atoms with E-state index >= 15 is 0 Å². The molecule has 0 saturated heterocycles. The van der Waals surface area contributed by atoms with Crippen molar-refractivity contribution in [3.05, 3.63) is 52.5 Å². The van der Waals surface area contributed by atoms with Gasteiger partial charge in [-0.25, -0.2) is 0 Å². The predicted molar refractivity (Wildman–Crippen MR) is 82.2 cm³/mol. The first-order valence-corrected chi connectivity index (χ1v) is 7.00. The van der Waals surface area contributed by atoms with Crippen LogP contribution in [-0.4, -0.2) is 24.5 Å². The van der Waals surface area contributed by atoms with Crippen LogP contribution in [0.4, 0.5) is 11.4 Å². The van der Waals surface area contributed by atoms with Crippen LogP contribution < -0.4 is 15.4 Å². The normalized spacial score (nSPS) is 11.7. The molecule has 1 heterocycles. The first kappa shape index (κ1) is 16.5. The molecule has 0 radical (unpaired) electrons. The van der Waals surface area contributed by atoms with Crippen molar-refractivity contribution in [2.24, 2.45) is 0 Å². The lowest BCUT2D eigenvalue weighted by molar-refractivity contribution is -0.684. The van der Waals surface area contributed by atoms with Gasteiger partial charge in [-0.1, -0.05) is 0 Å². The molecule has 0 bridgehead atoms. The largest absolute Gasteiger partial charge is 0.495 e. The molecule has 0 aliphatic rings. The van der Waals surface area contributed by atoms with Crippen molar-refractivity contribution < 1.29 is 24.2 Å². The van der Waals surface area contributed by atoms with E-state index in [9.17, 15) is 14.9 Å². The van der Waals surface area contributed by atoms with Gasteiger partial charge in [-0.15, -0.1) is 0 Å². The third-order valence-electron chi connectivity index (χ3n) is 3.32. The Balaban J connectivity index is 1.99. The lowest BCUT2D eigenvalue weighted by atomic mass is 10.2. The number of amides is 1. The first-order valence-electron chi connectivity index (χ1n) is 7.00. The average molecular weight is 320 g/mol. The average Bonchev–Trinajstić information content (AvgIpc) is 3.07. The molecular weight excluding hydrogens is 302 g/mol. The van der Waals surface area contributed by atoms with Crippen molar-refractivity contribution in [1.82, 2.24) is 0 Å². The van der Waals surface area contributed by atoms with E-state index in [0.717, 1.165) is 5.76 Å². The van der Waals surface area contributed by atoms with Gasteiger partial charge >= 0.3 is 0 Å². The van der Waals surface area contributed by atoms with Crippen LogP contribution in [0, 0.1) is 10.1 Å². The van der Waals surface area contributed by atoms with E-state index in [1.807, 2.05) is 13.0 Å². The summed E-state index contributed by atoms with van der Waals surface area (Å²) < 4.78 is 10.4. The third-order valence-corrected chi connectivity index (χ3v) is 3.32. The molecule has 2 aromatic rings. The number of anilines is 1. The summed E-state index contributed by atoms with van der Waals surface area (Å²) in [4.78, 5) is 22.3. The molecular formula is C15H18N3O5+. The number of nitrogens with two attached hydrogens (primary N) is 1. The van der Waals surface area contributed by atoms with Gasteiger partial charge in [-0.2, -0.15) is 0 Å². The van der Waals surface area contributed by atoms with E-state index in [-0.39, 0.29) is 29.9 Å². The Morgan fingerprint density at radius 2 is 2.26 bits per heavy atom. The van der Waals surface area contributed by atoms with Crippen molar-refractivity contribution >= 4 is 17.3 Å². The Bertz CT molecular complexity index is 684. The van der Waals surface area contributed by atoms with Crippen LogP contribution in [0.1, 0.15) is 18.7 Å². The van der Waals surface area contributed by atoms with Gasteiger partial charge in [0.15, 0.2) is 12.3 Å². The molecule has 1 atom stereocenters. The maximum absolute atomic E-state index is 12.0. The molecule has 0 spiro atoms. The molecule has 8 nitrogen and oxygen atoms in total. The van der Waals surface area contributed by atoms with Gasteiger partial charge in [0.05, 0.1) is 24.0 Å². The standard InChI is InChI=1S/C15H17N3O5/c1-10(13-4-3-7-23-13)16-9-15(19)17-12-8-11(18(20)21)5-6-14(12)22-2/h3-8,10,16H,9H2,1-2H3,(H,17,19)/p+1/t10-/m0/s1. The summed E-state index contributed by atoms with van der Waals surface area (Å²) in [5, 5.41) is 15.3. The van der Waals surface area contributed by atoms with E-state index in [4.69, 9.17) is 9.15 Å². The van der Waals surface area contributed by atoms with Crippen LogP contribution in [-0.2, 0) is 4.79 Å². The van der Waals surface area contributed by atoms with Crippen molar-refractivity contribution in [1.29, 1.82) is 0 Å². The minimum Gasteiger partial charge on any atom is -0.495 e. The van der Waals surface area contributed by atoms with Crippen LogP contribution in [0.2, 0.25) is 0 Å². The van der Waals surface area contributed by atoms with E-state index in [0.29, 0.717) is 5.75 Å². The van der Waals surface area contributed by atoms with Crippen LogP contribution in [0.3, 0.4) is 0 Å². The number of nitro benzene ring substituents is 1. The summed E-state index contributed by atoms with van der Waals surface area (Å²) in [6.45, 7) is 2.06. The van der Waals surface area contributed by atoms with Gasteiger partial charge in [0.1, 0.15) is 11.8 Å². The predicted octanol–water partition coefficient (Wildman–Crippen LogP) is 1.46. The second kappa shape index (κ2) is 7.41. The lowest BCUT2D eigenvalue weighted by Gasteiger charge is -2.11. The van der Waals surface area contributed by atoms with Gasteiger partial charge < -0.3 is 19.8 Å². The summed E-state index contributed by atoms with van der Waals surface area (Å²) >= 11 is 0. The molecule has 3 N–H and O–H groups in total. The topological polar surface area (TPSA) is 111 Å². The number of nitrogens with one attached hydrogen (secondary N) is 1. The number of carbonyl (C=O) groups excluding carboxylic acids is 1. The van der Waals surface area contributed by atoms with Crippen molar-refractivity contribution in [2.45, 2.75) is 13.0 Å². The summed E-state index contributed by atoms with van der Waals surface area (Å²) in [6, 6.07) is 7.65. The zero-order valence-corrected chi connectivity index (χ0v) is 12.8. The second-order valence-corrected chi connectivity index (χ2v) is 4.93. The summed E-state index contributed by atoms with van der Waals surface area (Å²) in [7, 11) is 1.43. The van der Waals surface area contributed by atoms with Crippen LogP contribution in [0.15, 0.2) is 41.0 Å². The molecule has 8 heteroatoms. The van der Waals surface area contributed by atoms with Crippen molar-refractivity contribution in [3.63, 3.8) is 0 Å². The first-order chi connectivity index (χ1) is 11.0. The number of rotatable bonds is 7. The highest BCUT2D eigenvalue weighted by atomic mass is 16.6. The highest BCUT2D eigenvalue weighted by Gasteiger charge is 2.17. The SMILES string of the molecule is COc1ccc([N+](=O)[O-])cc1NC(=O)C[NH2+][C@@H](C)c1ccco1. The Morgan fingerprint density at radius 3 is 2.87 bits per heavy atom. The number of ether oxygens (including phenoxy) is 1. The maximum Gasteiger partial charge on any atom is 0.279 e. The molecule has 0 fully saturated rings. The fourth-order valence-corrected chi connectivity index (χ4v) is 2.06. The number of non-ortho nitro benzene ring substituents is 1. The Kier molecular flexibility index (Phi) is 5.32. The summed E-state index contributed by atoms with van der Waals surface area (Å²) in [5.41, 5.74) is 0.153. The summed E-state index contributed by atoms with van der Waals surface area (Å²) in [6.07, 6.45) is 1.58. The van der Waals surface area contributed by atoms with Crippen molar-refractivity contribution in [2.75, 3.05) is 19.0 Å². The van der Waals surface area contributed by atoms with E-state index in [1.54, 1.807) is 17.6 Å². The van der Waals surface area contributed by atoms with E-state index < -0.39 is 4.92 Å². The molecule has 23 heavy (non-hydrogen) atoms. The van der Waals surface area contributed by atoms with Crippen LogP contribution in [0.25, 0.3) is 0 Å².